The van der Waals surface area contributed by atoms with Crippen LogP contribution < -0.4 is 5.32 Å². The normalized spacial score (nSPS) is 29.1. The molecule has 138 valence electrons. The number of carbonyl (C=O) groups excluding carboxylic acids is 1. The maximum absolute atomic E-state index is 12.4. The van der Waals surface area contributed by atoms with Crippen molar-refractivity contribution in [3.8, 4) is 0 Å². The minimum absolute atomic E-state index is 0.132. The van der Waals surface area contributed by atoms with Crippen LogP contribution in [0.2, 0.25) is 0 Å². The number of amides is 1. The van der Waals surface area contributed by atoms with Gasteiger partial charge in [0.05, 0.1) is 0 Å². The summed E-state index contributed by atoms with van der Waals surface area (Å²) >= 11 is 0. The smallest absolute Gasteiger partial charge is 0.223 e. The lowest BCUT2D eigenvalue weighted by Gasteiger charge is -2.22. The molecule has 0 aromatic carbocycles. The molecular formula is C22H29N3O. The second-order valence-electron chi connectivity index (χ2n) is 8.65. The van der Waals surface area contributed by atoms with E-state index < -0.39 is 0 Å². The molecule has 5 atom stereocenters. The second-order valence-corrected chi connectivity index (χ2v) is 8.65. The minimum atomic E-state index is 0.132. The van der Waals surface area contributed by atoms with E-state index in [1.807, 2.05) is 32.3 Å². The van der Waals surface area contributed by atoms with Gasteiger partial charge in [-0.3, -0.25) is 4.79 Å². The summed E-state index contributed by atoms with van der Waals surface area (Å²) < 4.78 is 0. The zero-order valence-corrected chi connectivity index (χ0v) is 16.0. The highest BCUT2D eigenvalue weighted by atomic mass is 16.1. The molecule has 4 nitrogen and oxygen atoms in total. The Hall–Kier alpha value is -1.97. The lowest BCUT2D eigenvalue weighted by atomic mass is 9.86. The molecule has 4 rings (SSSR count). The number of rotatable bonds is 4. The molecule has 1 amide bonds. The van der Waals surface area contributed by atoms with Crippen molar-refractivity contribution < 1.29 is 4.79 Å². The molecule has 0 bridgehead atoms. The first-order chi connectivity index (χ1) is 12.5. The lowest BCUT2D eigenvalue weighted by molar-refractivity contribution is -0.126. The van der Waals surface area contributed by atoms with Crippen LogP contribution in [0.4, 0.5) is 0 Å². The number of hydrogen-bond acceptors (Lipinski definition) is 3. The Morgan fingerprint density at radius 3 is 2.42 bits per heavy atom. The van der Waals surface area contributed by atoms with Gasteiger partial charge in [0.1, 0.15) is 0 Å². The molecule has 2 saturated carbocycles. The van der Waals surface area contributed by atoms with Crippen molar-refractivity contribution >= 4 is 16.9 Å². The van der Waals surface area contributed by atoms with Crippen LogP contribution in [-0.2, 0) is 4.79 Å². The Kier molecular flexibility index (Phi) is 4.68. The number of fused-ring (bicyclic) bond motifs is 2. The molecule has 0 spiro atoms. The number of nitrogens with one attached hydrogen (secondary N) is 1. The van der Waals surface area contributed by atoms with Crippen molar-refractivity contribution in [3.05, 3.63) is 36.2 Å². The minimum Gasteiger partial charge on any atom is -0.354 e. The standard InChI is InChI=1S/C22H29N3O/c1-13(2)25-22(26)14(3)15-9-16-11-18(12-17(16)10-15)19-6-8-24-21-20(19)5-4-7-23-21/h4-8,13-18H,9-12H2,1-3H3,(H,25,26)/t14?,15?,16-,17+,18?. The maximum Gasteiger partial charge on any atom is 0.223 e. The maximum atomic E-state index is 12.4. The van der Waals surface area contributed by atoms with Gasteiger partial charge in [-0.25, -0.2) is 9.97 Å². The number of hydrogen-bond donors (Lipinski definition) is 1. The van der Waals surface area contributed by atoms with Gasteiger partial charge in [-0.15, -0.1) is 0 Å². The van der Waals surface area contributed by atoms with Crippen LogP contribution in [0.25, 0.3) is 11.0 Å². The van der Waals surface area contributed by atoms with Crippen LogP contribution in [0.5, 0.6) is 0 Å². The van der Waals surface area contributed by atoms with Crippen molar-refractivity contribution in [2.45, 2.75) is 58.4 Å². The van der Waals surface area contributed by atoms with Crippen molar-refractivity contribution in [3.63, 3.8) is 0 Å². The van der Waals surface area contributed by atoms with Crippen LogP contribution in [0.3, 0.4) is 0 Å². The molecule has 2 fully saturated rings. The van der Waals surface area contributed by atoms with Crippen LogP contribution in [0.1, 0.15) is 57.9 Å². The number of aromatic nitrogens is 2. The summed E-state index contributed by atoms with van der Waals surface area (Å²) in [4.78, 5) is 21.2. The first kappa shape index (κ1) is 17.4. The zero-order chi connectivity index (χ0) is 18.3. The Labute approximate surface area is 155 Å². The molecule has 0 radical (unpaired) electrons. The second kappa shape index (κ2) is 6.98. The van der Waals surface area contributed by atoms with Crippen molar-refractivity contribution in [2.75, 3.05) is 0 Å². The van der Waals surface area contributed by atoms with Crippen LogP contribution in [0, 0.1) is 23.7 Å². The van der Waals surface area contributed by atoms with Gasteiger partial charge in [-0.05, 0) is 87.0 Å². The summed E-state index contributed by atoms with van der Waals surface area (Å²) in [6, 6.07) is 6.57. The summed E-state index contributed by atoms with van der Waals surface area (Å²) in [5.41, 5.74) is 2.28. The molecule has 2 aliphatic carbocycles. The Morgan fingerprint density at radius 2 is 1.73 bits per heavy atom. The Morgan fingerprint density at radius 1 is 1.04 bits per heavy atom. The van der Waals surface area contributed by atoms with E-state index in [-0.39, 0.29) is 17.9 Å². The first-order valence-corrected chi connectivity index (χ1v) is 10.0. The number of nitrogens with zero attached hydrogens (tertiary/aromatic N) is 2. The van der Waals surface area contributed by atoms with E-state index in [1.54, 1.807) is 0 Å². The summed E-state index contributed by atoms with van der Waals surface area (Å²) in [5.74, 6) is 3.04. The number of pyridine rings is 2. The Balaban J connectivity index is 1.44. The molecular weight excluding hydrogens is 322 g/mol. The van der Waals surface area contributed by atoms with Crippen molar-refractivity contribution in [1.29, 1.82) is 0 Å². The fourth-order valence-corrected chi connectivity index (χ4v) is 5.31. The molecule has 2 aromatic heterocycles. The third-order valence-electron chi connectivity index (χ3n) is 6.59. The van der Waals surface area contributed by atoms with Crippen molar-refractivity contribution in [2.24, 2.45) is 23.7 Å². The predicted molar refractivity (Wildman–Crippen MR) is 104 cm³/mol. The van der Waals surface area contributed by atoms with Crippen molar-refractivity contribution in [1.82, 2.24) is 15.3 Å². The van der Waals surface area contributed by atoms with Gasteiger partial charge < -0.3 is 5.32 Å². The average Bonchev–Trinajstić information content (AvgIpc) is 3.19. The third-order valence-corrected chi connectivity index (χ3v) is 6.59. The van der Waals surface area contributed by atoms with Gasteiger partial charge >= 0.3 is 0 Å². The van der Waals surface area contributed by atoms with Gasteiger partial charge in [-0.1, -0.05) is 6.92 Å². The summed E-state index contributed by atoms with van der Waals surface area (Å²) in [7, 11) is 0. The van der Waals surface area contributed by atoms with Gasteiger partial charge in [0.2, 0.25) is 5.91 Å². The Bertz CT molecular complexity index is 784. The first-order valence-electron chi connectivity index (χ1n) is 10.0. The molecule has 2 heterocycles. The monoisotopic (exact) mass is 351 g/mol. The molecule has 0 saturated heterocycles. The topological polar surface area (TPSA) is 54.9 Å². The predicted octanol–water partition coefficient (Wildman–Crippen LogP) is 4.31. The average molecular weight is 351 g/mol. The van der Waals surface area contributed by atoms with E-state index in [2.05, 4.69) is 34.3 Å². The van der Waals surface area contributed by atoms with E-state index in [1.165, 1.54) is 36.6 Å². The van der Waals surface area contributed by atoms with E-state index in [0.29, 0.717) is 11.8 Å². The fourth-order valence-electron chi connectivity index (χ4n) is 5.31. The molecule has 26 heavy (non-hydrogen) atoms. The van der Waals surface area contributed by atoms with E-state index in [4.69, 9.17) is 0 Å². The van der Waals surface area contributed by atoms with Gasteiger partial charge in [0, 0.05) is 29.7 Å². The fraction of sp³-hybridized carbons (Fsp3) is 0.591. The summed E-state index contributed by atoms with van der Waals surface area (Å²) in [6.07, 6.45) is 8.61. The molecule has 2 aromatic rings. The zero-order valence-electron chi connectivity index (χ0n) is 16.0. The lowest BCUT2D eigenvalue weighted by Crippen LogP contribution is -2.37. The molecule has 0 aliphatic heterocycles. The quantitative estimate of drug-likeness (QED) is 0.893. The van der Waals surface area contributed by atoms with Crippen LogP contribution in [-0.4, -0.2) is 21.9 Å². The highest BCUT2D eigenvalue weighted by Gasteiger charge is 2.44. The van der Waals surface area contributed by atoms with Gasteiger partial charge in [0.15, 0.2) is 5.65 Å². The highest BCUT2D eigenvalue weighted by Crippen LogP contribution is 2.54. The van der Waals surface area contributed by atoms with Crippen LogP contribution >= 0.6 is 0 Å². The third kappa shape index (κ3) is 3.22. The van der Waals surface area contributed by atoms with Crippen LogP contribution in [0.15, 0.2) is 30.6 Å². The molecule has 3 unspecified atom stereocenters. The van der Waals surface area contributed by atoms with Gasteiger partial charge in [-0.2, -0.15) is 0 Å². The SMILES string of the molecule is CC(C)NC(=O)C(C)C1C[C@H]2CC(c3ccnc4ncccc34)C[C@H]2C1. The number of carbonyl (C=O) groups is 1. The van der Waals surface area contributed by atoms with E-state index >= 15 is 0 Å². The molecule has 2 aliphatic rings. The molecule has 4 heteroatoms. The summed E-state index contributed by atoms with van der Waals surface area (Å²) in [6.45, 7) is 6.18. The van der Waals surface area contributed by atoms with Gasteiger partial charge in [0.25, 0.3) is 0 Å². The van der Waals surface area contributed by atoms with E-state index in [0.717, 1.165) is 17.5 Å². The summed E-state index contributed by atoms with van der Waals surface area (Å²) in [5, 5.41) is 4.30. The molecule has 1 N–H and O–H groups in total. The largest absolute Gasteiger partial charge is 0.354 e. The highest BCUT2D eigenvalue weighted by molar-refractivity contribution is 5.79. The van der Waals surface area contributed by atoms with E-state index in [9.17, 15) is 4.79 Å².